The molecule has 5 rings (SSSR count). The number of pyridine rings is 1. The lowest BCUT2D eigenvalue weighted by atomic mass is 9.80. The van der Waals surface area contributed by atoms with Gasteiger partial charge in [-0.2, -0.15) is 0 Å². The van der Waals surface area contributed by atoms with Gasteiger partial charge in [-0.1, -0.05) is 28.1 Å². The molecule has 128 valence electrons. The predicted octanol–water partition coefficient (Wildman–Crippen LogP) is 4.21. The summed E-state index contributed by atoms with van der Waals surface area (Å²) in [6.07, 6.45) is 3.60. The maximum absolute atomic E-state index is 6.14. The SMILES string of the molecule is NC1=NC2(CO1)c1cc(Br)ccc1Oc1ccc(-c3cccnc3)cc12. The Hall–Kier alpha value is -2.86. The third-order valence-electron chi connectivity index (χ3n) is 4.76. The van der Waals surface area contributed by atoms with E-state index in [1.807, 2.05) is 48.7 Å². The minimum absolute atomic E-state index is 0.190. The van der Waals surface area contributed by atoms with Crippen LogP contribution in [-0.2, 0) is 10.3 Å². The number of hydrogen-bond donors (Lipinski definition) is 1. The van der Waals surface area contributed by atoms with Crippen LogP contribution in [0.25, 0.3) is 11.1 Å². The number of hydrogen-bond acceptors (Lipinski definition) is 5. The quantitative estimate of drug-likeness (QED) is 0.655. The van der Waals surface area contributed by atoms with Gasteiger partial charge in [0.05, 0.1) is 0 Å². The Kier molecular flexibility index (Phi) is 3.30. The molecular weight excluding hydrogens is 394 g/mol. The van der Waals surface area contributed by atoms with Gasteiger partial charge in [0.25, 0.3) is 6.02 Å². The van der Waals surface area contributed by atoms with Crippen molar-refractivity contribution in [1.29, 1.82) is 0 Å². The fourth-order valence-electron chi connectivity index (χ4n) is 3.54. The van der Waals surface area contributed by atoms with Crippen LogP contribution in [0.5, 0.6) is 11.5 Å². The topological polar surface area (TPSA) is 69.7 Å². The van der Waals surface area contributed by atoms with E-state index >= 15 is 0 Å². The van der Waals surface area contributed by atoms with Gasteiger partial charge >= 0.3 is 0 Å². The highest BCUT2D eigenvalue weighted by Crippen LogP contribution is 2.52. The second kappa shape index (κ2) is 5.57. The molecule has 0 radical (unpaired) electrons. The lowest BCUT2D eigenvalue weighted by Crippen LogP contribution is -2.31. The summed E-state index contributed by atoms with van der Waals surface area (Å²) in [5.41, 5.74) is 9.13. The monoisotopic (exact) mass is 407 g/mol. The second-order valence-corrected chi connectivity index (χ2v) is 7.21. The fraction of sp³-hybridized carbons (Fsp3) is 0.100. The molecule has 0 saturated heterocycles. The Morgan fingerprint density at radius 3 is 2.54 bits per heavy atom. The molecule has 2 aliphatic heterocycles. The number of nitrogens with zero attached hydrogens (tertiary/aromatic N) is 2. The first-order chi connectivity index (χ1) is 12.7. The first-order valence-electron chi connectivity index (χ1n) is 8.17. The summed E-state index contributed by atoms with van der Waals surface area (Å²) in [7, 11) is 0. The zero-order chi connectivity index (χ0) is 17.7. The Morgan fingerprint density at radius 2 is 1.81 bits per heavy atom. The molecular formula is C20H14BrN3O2. The van der Waals surface area contributed by atoms with Crippen LogP contribution in [0.1, 0.15) is 11.1 Å². The first-order valence-corrected chi connectivity index (χ1v) is 8.96. The standard InChI is InChI=1S/C20H14BrN3O2/c21-14-4-6-18-16(9-14)20(11-25-19(22)24-20)15-8-12(3-5-17(15)26-18)13-2-1-7-23-10-13/h1-10H,11H2,(H2,22,24). The number of amidine groups is 1. The molecule has 0 bridgehead atoms. The van der Waals surface area contributed by atoms with Gasteiger partial charge in [0.2, 0.25) is 0 Å². The van der Waals surface area contributed by atoms with Crippen LogP contribution in [0.3, 0.4) is 0 Å². The van der Waals surface area contributed by atoms with Crippen LogP contribution < -0.4 is 10.5 Å². The van der Waals surface area contributed by atoms with E-state index in [0.29, 0.717) is 6.61 Å². The predicted molar refractivity (Wildman–Crippen MR) is 102 cm³/mol. The van der Waals surface area contributed by atoms with E-state index in [1.54, 1.807) is 6.20 Å². The largest absolute Gasteiger partial charge is 0.462 e. The van der Waals surface area contributed by atoms with E-state index < -0.39 is 5.54 Å². The second-order valence-electron chi connectivity index (χ2n) is 6.29. The molecule has 3 heterocycles. The van der Waals surface area contributed by atoms with Crippen molar-refractivity contribution >= 4 is 22.0 Å². The van der Waals surface area contributed by atoms with Crippen molar-refractivity contribution in [3.8, 4) is 22.6 Å². The number of aliphatic imine (C=N–C) groups is 1. The number of ether oxygens (including phenoxy) is 2. The van der Waals surface area contributed by atoms with Gasteiger partial charge in [0.15, 0.2) is 5.54 Å². The Bertz CT molecular complexity index is 1050. The molecule has 3 aromatic rings. The molecule has 26 heavy (non-hydrogen) atoms. The third-order valence-corrected chi connectivity index (χ3v) is 5.25. The minimum atomic E-state index is -0.713. The van der Waals surface area contributed by atoms with Crippen molar-refractivity contribution < 1.29 is 9.47 Å². The van der Waals surface area contributed by atoms with Crippen LogP contribution in [-0.4, -0.2) is 17.6 Å². The molecule has 0 aliphatic carbocycles. The third kappa shape index (κ3) is 2.22. The highest BCUT2D eigenvalue weighted by atomic mass is 79.9. The number of halogens is 1. The Balaban J connectivity index is 1.76. The summed E-state index contributed by atoms with van der Waals surface area (Å²) < 4.78 is 12.7. The molecule has 6 heteroatoms. The molecule has 5 nitrogen and oxygen atoms in total. The maximum Gasteiger partial charge on any atom is 0.283 e. The van der Waals surface area contributed by atoms with Crippen molar-refractivity contribution in [3.05, 3.63) is 76.5 Å². The van der Waals surface area contributed by atoms with E-state index in [9.17, 15) is 0 Å². The maximum atomic E-state index is 6.14. The molecule has 0 fully saturated rings. The van der Waals surface area contributed by atoms with Crippen molar-refractivity contribution in [2.75, 3.05) is 6.61 Å². The van der Waals surface area contributed by atoms with Crippen molar-refractivity contribution in [2.24, 2.45) is 10.7 Å². The summed E-state index contributed by atoms with van der Waals surface area (Å²) in [6, 6.07) is 16.1. The van der Waals surface area contributed by atoms with Crippen molar-refractivity contribution in [3.63, 3.8) is 0 Å². The lowest BCUT2D eigenvalue weighted by Gasteiger charge is -2.33. The van der Waals surface area contributed by atoms with Gasteiger partial charge in [0, 0.05) is 33.6 Å². The first kappa shape index (κ1) is 15.4. The summed E-state index contributed by atoms with van der Waals surface area (Å²) in [4.78, 5) is 8.91. The number of aromatic nitrogens is 1. The van der Waals surface area contributed by atoms with Crippen molar-refractivity contribution in [2.45, 2.75) is 5.54 Å². The zero-order valence-corrected chi connectivity index (χ0v) is 15.2. The smallest absolute Gasteiger partial charge is 0.283 e. The highest BCUT2D eigenvalue weighted by molar-refractivity contribution is 9.10. The Morgan fingerprint density at radius 1 is 1.00 bits per heavy atom. The number of nitrogens with two attached hydrogens (primary N) is 1. The normalized spacial score (nSPS) is 20.0. The van der Waals surface area contributed by atoms with E-state index in [-0.39, 0.29) is 6.02 Å². The average Bonchev–Trinajstić information content (AvgIpc) is 3.06. The van der Waals surface area contributed by atoms with Gasteiger partial charge in [-0.05, 0) is 42.0 Å². The lowest BCUT2D eigenvalue weighted by molar-refractivity contribution is 0.264. The van der Waals surface area contributed by atoms with E-state index in [2.05, 4.69) is 27.0 Å². The fourth-order valence-corrected chi connectivity index (χ4v) is 3.90. The molecule has 1 atom stereocenters. The Labute approximate surface area is 158 Å². The molecule has 1 unspecified atom stereocenters. The molecule has 0 saturated carbocycles. The van der Waals surface area contributed by atoms with E-state index in [4.69, 9.17) is 20.2 Å². The van der Waals surface area contributed by atoms with Gasteiger partial charge < -0.3 is 15.2 Å². The van der Waals surface area contributed by atoms with Gasteiger partial charge in [-0.25, -0.2) is 4.99 Å². The number of benzene rings is 2. The molecule has 2 N–H and O–H groups in total. The van der Waals surface area contributed by atoms with Crippen LogP contribution in [0.2, 0.25) is 0 Å². The average molecular weight is 408 g/mol. The molecule has 0 amide bonds. The molecule has 2 aliphatic rings. The summed E-state index contributed by atoms with van der Waals surface area (Å²) in [6.45, 7) is 0.342. The summed E-state index contributed by atoms with van der Waals surface area (Å²) in [5, 5.41) is 0. The molecule has 2 aromatic carbocycles. The van der Waals surface area contributed by atoms with Gasteiger partial charge in [0.1, 0.15) is 18.1 Å². The number of rotatable bonds is 1. The summed E-state index contributed by atoms with van der Waals surface area (Å²) in [5.74, 6) is 1.52. The minimum Gasteiger partial charge on any atom is -0.462 e. The molecule has 1 spiro atoms. The van der Waals surface area contributed by atoms with Crippen LogP contribution in [0, 0.1) is 0 Å². The van der Waals surface area contributed by atoms with Crippen LogP contribution in [0.4, 0.5) is 0 Å². The van der Waals surface area contributed by atoms with Crippen LogP contribution >= 0.6 is 15.9 Å². The summed E-state index contributed by atoms with van der Waals surface area (Å²) >= 11 is 3.54. The van der Waals surface area contributed by atoms with Gasteiger partial charge in [-0.3, -0.25) is 4.98 Å². The van der Waals surface area contributed by atoms with Crippen LogP contribution in [0.15, 0.2) is 70.4 Å². The van der Waals surface area contributed by atoms with E-state index in [0.717, 1.165) is 38.2 Å². The van der Waals surface area contributed by atoms with Crippen molar-refractivity contribution in [1.82, 2.24) is 4.98 Å². The van der Waals surface area contributed by atoms with Gasteiger partial charge in [-0.15, -0.1) is 0 Å². The van der Waals surface area contributed by atoms with E-state index in [1.165, 1.54) is 0 Å². The zero-order valence-electron chi connectivity index (χ0n) is 13.6. The highest BCUT2D eigenvalue weighted by Gasteiger charge is 2.47. The number of fused-ring (bicyclic) bond motifs is 4. The molecule has 1 aromatic heterocycles.